The Morgan fingerprint density at radius 3 is 1.79 bits per heavy atom. The van der Waals surface area contributed by atoms with Crippen LogP contribution in [0, 0.1) is 10.8 Å². The molecule has 1 aromatic heterocycles. The van der Waals surface area contributed by atoms with Gasteiger partial charge in [0.1, 0.15) is 5.69 Å². The van der Waals surface area contributed by atoms with E-state index in [2.05, 4.69) is 57.3 Å². The molecule has 0 aliphatic carbocycles. The second kappa shape index (κ2) is 6.95. The molecule has 0 saturated heterocycles. The van der Waals surface area contributed by atoms with Crippen molar-refractivity contribution in [3.05, 3.63) is 17.5 Å². The van der Waals surface area contributed by atoms with E-state index < -0.39 is 0 Å². The highest BCUT2D eigenvalue weighted by Crippen LogP contribution is 2.20. The molecule has 0 bridgehead atoms. The van der Waals surface area contributed by atoms with E-state index >= 15 is 0 Å². The molecule has 136 valence electrons. The van der Waals surface area contributed by atoms with E-state index in [0.29, 0.717) is 5.69 Å². The number of hydrogen-bond acceptors (Lipinski definition) is 3. The normalized spacial score (nSPS) is 14.9. The number of hydrogen-bond donors (Lipinski definition) is 2. The minimum atomic E-state index is -0.268. The maximum Gasteiger partial charge on any atom is 0.272 e. The van der Waals surface area contributed by atoms with Gasteiger partial charge in [0.05, 0.1) is 0 Å². The van der Waals surface area contributed by atoms with Crippen molar-refractivity contribution in [2.24, 2.45) is 17.9 Å². The molecular formula is C18H32N4O2. The molecule has 0 fully saturated rings. The molecule has 6 heteroatoms. The third-order valence-electron chi connectivity index (χ3n) is 4.64. The third-order valence-corrected chi connectivity index (χ3v) is 4.64. The molecule has 0 radical (unpaired) electrons. The van der Waals surface area contributed by atoms with Crippen LogP contribution in [0.3, 0.4) is 0 Å². The van der Waals surface area contributed by atoms with Crippen molar-refractivity contribution in [2.75, 3.05) is 0 Å². The van der Waals surface area contributed by atoms with Gasteiger partial charge in [-0.1, -0.05) is 41.5 Å². The van der Waals surface area contributed by atoms with Gasteiger partial charge in [-0.15, -0.1) is 0 Å². The van der Waals surface area contributed by atoms with Gasteiger partial charge in [0.15, 0.2) is 5.69 Å². The van der Waals surface area contributed by atoms with Crippen molar-refractivity contribution in [1.82, 2.24) is 20.4 Å². The molecule has 6 nitrogen and oxygen atoms in total. The lowest BCUT2D eigenvalue weighted by Crippen LogP contribution is -2.42. The van der Waals surface area contributed by atoms with Gasteiger partial charge in [0.2, 0.25) is 0 Å². The summed E-state index contributed by atoms with van der Waals surface area (Å²) in [5.41, 5.74) is 0.533. The maximum absolute atomic E-state index is 12.4. The molecule has 1 heterocycles. The van der Waals surface area contributed by atoms with E-state index in [1.165, 1.54) is 10.7 Å². The van der Waals surface area contributed by atoms with Crippen LogP contribution < -0.4 is 10.6 Å². The summed E-state index contributed by atoms with van der Waals surface area (Å²) in [4.78, 5) is 24.8. The van der Waals surface area contributed by atoms with Crippen LogP contribution in [0.1, 0.15) is 76.4 Å². The van der Waals surface area contributed by atoms with E-state index in [0.717, 1.165) is 0 Å². The second-order valence-electron chi connectivity index (χ2n) is 8.66. The molecule has 2 atom stereocenters. The third kappa shape index (κ3) is 5.08. The van der Waals surface area contributed by atoms with Crippen molar-refractivity contribution in [3.8, 4) is 0 Å². The number of carbonyl (C=O) groups is 2. The summed E-state index contributed by atoms with van der Waals surface area (Å²) in [5, 5.41) is 10.1. The van der Waals surface area contributed by atoms with E-state index in [-0.39, 0.29) is 40.4 Å². The average Bonchev–Trinajstić information content (AvgIpc) is 2.78. The van der Waals surface area contributed by atoms with Gasteiger partial charge < -0.3 is 10.6 Å². The summed E-state index contributed by atoms with van der Waals surface area (Å²) < 4.78 is 1.45. The SMILES string of the molecule is CC(NC(=O)c1cc(C(=O)NC(C)C(C)(C)C)n(C)n1)C(C)(C)C. The van der Waals surface area contributed by atoms with Crippen LogP contribution in [0.4, 0.5) is 0 Å². The number of rotatable bonds is 4. The molecule has 0 aliphatic rings. The zero-order valence-corrected chi connectivity index (χ0v) is 16.4. The summed E-state index contributed by atoms with van der Waals surface area (Å²) in [6.07, 6.45) is 0. The highest BCUT2D eigenvalue weighted by atomic mass is 16.2. The fraction of sp³-hybridized carbons (Fsp3) is 0.722. The first-order valence-corrected chi connectivity index (χ1v) is 8.39. The summed E-state index contributed by atoms with van der Waals surface area (Å²) in [5.74, 6) is -0.494. The Balaban J connectivity index is 2.88. The monoisotopic (exact) mass is 336 g/mol. The molecular weight excluding hydrogens is 304 g/mol. The summed E-state index contributed by atoms with van der Waals surface area (Å²) in [6.45, 7) is 16.3. The maximum atomic E-state index is 12.4. The van der Waals surface area contributed by atoms with Crippen molar-refractivity contribution < 1.29 is 9.59 Å². The molecule has 0 aromatic carbocycles. The number of aryl methyl sites for hydroxylation is 1. The van der Waals surface area contributed by atoms with E-state index in [9.17, 15) is 9.59 Å². The fourth-order valence-electron chi connectivity index (χ4n) is 1.76. The molecule has 2 N–H and O–H groups in total. The summed E-state index contributed by atoms with van der Waals surface area (Å²) in [6, 6.07) is 1.53. The molecule has 2 amide bonds. The molecule has 1 rings (SSSR count). The largest absolute Gasteiger partial charge is 0.348 e. The Hall–Kier alpha value is -1.85. The lowest BCUT2D eigenvalue weighted by molar-refractivity contribution is 0.0895. The number of nitrogens with one attached hydrogen (secondary N) is 2. The molecule has 0 spiro atoms. The van der Waals surface area contributed by atoms with Crippen LogP contribution in [0.15, 0.2) is 6.07 Å². The molecule has 0 aliphatic heterocycles. The lowest BCUT2D eigenvalue weighted by atomic mass is 9.88. The quantitative estimate of drug-likeness (QED) is 0.887. The first kappa shape index (κ1) is 20.2. The van der Waals surface area contributed by atoms with Crippen LogP contribution in [-0.2, 0) is 7.05 Å². The number of carbonyl (C=O) groups excluding carboxylic acids is 2. The standard InChI is InChI=1S/C18H32N4O2/c1-11(17(3,4)5)19-15(23)13-10-14(22(9)21-13)16(24)20-12(2)18(6,7)8/h10-12H,1-9H3,(H,19,23)(H,20,24). The van der Waals surface area contributed by atoms with Gasteiger partial charge in [-0.2, -0.15) is 5.10 Å². The van der Waals surface area contributed by atoms with E-state index in [1.807, 2.05) is 13.8 Å². The van der Waals surface area contributed by atoms with Crippen LogP contribution in [0.5, 0.6) is 0 Å². The summed E-state index contributed by atoms with van der Waals surface area (Å²) in [7, 11) is 1.67. The van der Waals surface area contributed by atoms with Gasteiger partial charge in [-0.05, 0) is 24.7 Å². The number of aromatic nitrogens is 2. The van der Waals surface area contributed by atoms with Crippen molar-refractivity contribution >= 4 is 11.8 Å². The fourth-order valence-corrected chi connectivity index (χ4v) is 1.76. The Morgan fingerprint density at radius 2 is 1.38 bits per heavy atom. The lowest BCUT2D eigenvalue weighted by Gasteiger charge is -2.28. The Morgan fingerprint density at radius 1 is 0.958 bits per heavy atom. The number of nitrogens with zero attached hydrogens (tertiary/aromatic N) is 2. The molecule has 1 aromatic rings. The zero-order chi connectivity index (χ0) is 18.9. The topological polar surface area (TPSA) is 76.0 Å². The zero-order valence-electron chi connectivity index (χ0n) is 16.4. The highest BCUT2D eigenvalue weighted by Gasteiger charge is 2.26. The molecule has 2 unspecified atom stereocenters. The predicted molar refractivity (Wildman–Crippen MR) is 96.0 cm³/mol. The average molecular weight is 336 g/mol. The van der Waals surface area contributed by atoms with Crippen molar-refractivity contribution in [3.63, 3.8) is 0 Å². The van der Waals surface area contributed by atoms with Crippen molar-refractivity contribution in [1.29, 1.82) is 0 Å². The minimum absolute atomic E-state index is 0.00177. The summed E-state index contributed by atoms with van der Waals surface area (Å²) >= 11 is 0. The first-order valence-electron chi connectivity index (χ1n) is 8.39. The number of amides is 2. The van der Waals surface area contributed by atoms with Crippen LogP contribution >= 0.6 is 0 Å². The molecule has 24 heavy (non-hydrogen) atoms. The van der Waals surface area contributed by atoms with Gasteiger partial charge in [0, 0.05) is 25.2 Å². The molecule has 0 saturated carbocycles. The van der Waals surface area contributed by atoms with Crippen LogP contribution in [-0.4, -0.2) is 33.7 Å². The van der Waals surface area contributed by atoms with E-state index in [1.54, 1.807) is 7.05 Å². The highest BCUT2D eigenvalue weighted by molar-refractivity contribution is 5.98. The Kier molecular flexibility index (Phi) is 5.85. The first-order chi connectivity index (χ1) is 10.7. The second-order valence-corrected chi connectivity index (χ2v) is 8.66. The predicted octanol–water partition coefficient (Wildman–Crippen LogP) is 2.75. The van der Waals surface area contributed by atoms with Gasteiger partial charge in [-0.25, -0.2) is 0 Å². The van der Waals surface area contributed by atoms with Crippen LogP contribution in [0.2, 0.25) is 0 Å². The Bertz CT molecular complexity index is 606. The van der Waals surface area contributed by atoms with Gasteiger partial charge in [-0.3, -0.25) is 14.3 Å². The minimum Gasteiger partial charge on any atom is -0.348 e. The van der Waals surface area contributed by atoms with Gasteiger partial charge in [0.25, 0.3) is 11.8 Å². The van der Waals surface area contributed by atoms with Crippen LogP contribution in [0.25, 0.3) is 0 Å². The van der Waals surface area contributed by atoms with E-state index in [4.69, 9.17) is 0 Å². The van der Waals surface area contributed by atoms with Gasteiger partial charge >= 0.3 is 0 Å². The van der Waals surface area contributed by atoms with Crippen molar-refractivity contribution in [2.45, 2.75) is 67.5 Å². The Labute approximate surface area is 145 Å². The smallest absolute Gasteiger partial charge is 0.272 e.